The van der Waals surface area contributed by atoms with Crippen molar-refractivity contribution >= 4 is 11.6 Å². The van der Waals surface area contributed by atoms with E-state index in [4.69, 9.17) is 11.6 Å². The zero-order chi connectivity index (χ0) is 13.3. The molecule has 1 aliphatic carbocycles. The van der Waals surface area contributed by atoms with Crippen LogP contribution in [0, 0.1) is 5.92 Å². The topological polar surface area (TPSA) is 38.0 Å². The third-order valence-corrected chi connectivity index (χ3v) is 4.37. The molecule has 0 unspecified atom stereocenters. The van der Waals surface area contributed by atoms with Crippen LogP contribution < -0.4 is 0 Å². The van der Waals surface area contributed by atoms with Crippen LogP contribution in [-0.2, 0) is 12.1 Å². The molecule has 0 saturated heterocycles. The molecule has 2 atom stereocenters. The fourth-order valence-electron chi connectivity index (χ4n) is 3.07. The molecule has 0 radical (unpaired) electrons. The molecule has 4 heteroatoms. The second-order valence-corrected chi connectivity index (χ2v) is 5.72. The van der Waals surface area contributed by atoms with Crippen molar-refractivity contribution in [3.05, 3.63) is 53.6 Å². The van der Waals surface area contributed by atoms with Crippen LogP contribution in [-0.4, -0.2) is 14.7 Å². The lowest BCUT2D eigenvalue weighted by atomic mass is 9.84. The van der Waals surface area contributed by atoms with Gasteiger partial charge in [0, 0.05) is 29.9 Å². The molecule has 1 aromatic carbocycles. The van der Waals surface area contributed by atoms with Crippen molar-refractivity contribution in [3.63, 3.8) is 0 Å². The summed E-state index contributed by atoms with van der Waals surface area (Å²) in [5.74, 6) is 0.225. The van der Waals surface area contributed by atoms with E-state index in [1.807, 2.05) is 35.0 Å². The first-order chi connectivity index (χ1) is 9.18. The lowest BCUT2D eigenvalue weighted by molar-refractivity contribution is -0.00891. The average molecular weight is 277 g/mol. The third kappa shape index (κ3) is 2.40. The molecule has 1 aliphatic rings. The summed E-state index contributed by atoms with van der Waals surface area (Å²) in [6.07, 6.45) is 8.43. The van der Waals surface area contributed by atoms with E-state index in [0.717, 1.165) is 31.4 Å². The molecule has 1 heterocycles. The first kappa shape index (κ1) is 12.7. The summed E-state index contributed by atoms with van der Waals surface area (Å²) >= 11 is 5.92. The average Bonchev–Trinajstić information content (AvgIpc) is 3.03. The van der Waals surface area contributed by atoms with E-state index in [1.54, 1.807) is 12.5 Å². The van der Waals surface area contributed by atoms with Crippen molar-refractivity contribution in [2.24, 2.45) is 5.92 Å². The van der Waals surface area contributed by atoms with E-state index >= 15 is 0 Å². The number of rotatable bonds is 3. The van der Waals surface area contributed by atoms with Gasteiger partial charge in [-0.2, -0.15) is 0 Å². The SMILES string of the molecule is O[C@@]1(c2ccc(Cl)cc2)CCC[C@H]1Cn1ccnc1. The highest BCUT2D eigenvalue weighted by atomic mass is 35.5. The highest BCUT2D eigenvalue weighted by Crippen LogP contribution is 2.44. The van der Waals surface area contributed by atoms with Crippen LogP contribution in [0.15, 0.2) is 43.0 Å². The molecular formula is C15H17ClN2O. The second-order valence-electron chi connectivity index (χ2n) is 5.28. The van der Waals surface area contributed by atoms with Gasteiger partial charge in [0.2, 0.25) is 0 Å². The highest BCUT2D eigenvalue weighted by Gasteiger charge is 2.42. The molecule has 0 amide bonds. The smallest absolute Gasteiger partial charge is 0.0946 e. The Morgan fingerprint density at radius 2 is 2.16 bits per heavy atom. The van der Waals surface area contributed by atoms with Crippen LogP contribution in [0.4, 0.5) is 0 Å². The van der Waals surface area contributed by atoms with E-state index in [-0.39, 0.29) is 5.92 Å². The van der Waals surface area contributed by atoms with Crippen LogP contribution >= 0.6 is 11.6 Å². The zero-order valence-electron chi connectivity index (χ0n) is 10.7. The molecule has 0 aliphatic heterocycles. The maximum absolute atomic E-state index is 11.0. The Balaban J connectivity index is 1.86. The van der Waals surface area contributed by atoms with Crippen LogP contribution in [0.2, 0.25) is 5.02 Å². The van der Waals surface area contributed by atoms with Gasteiger partial charge >= 0.3 is 0 Å². The quantitative estimate of drug-likeness (QED) is 0.935. The number of halogens is 1. The zero-order valence-corrected chi connectivity index (χ0v) is 11.4. The van der Waals surface area contributed by atoms with Crippen molar-refractivity contribution < 1.29 is 5.11 Å². The van der Waals surface area contributed by atoms with Gasteiger partial charge in [0.1, 0.15) is 0 Å². The summed E-state index contributed by atoms with van der Waals surface area (Å²) in [5.41, 5.74) is 0.231. The number of hydrogen-bond donors (Lipinski definition) is 1. The Morgan fingerprint density at radius 1 is 1.37 bits per heavy atom. The fraction of sp³-hybridized carbons (Fsp3) is 0.400. The van der Waals surface area contributed by atoms with E-state index in [1.165, 1.54) is 0 Å². The van der Waals surface area contributed by atoms with Crippen molar-refractivity contribution in [1.29, 1.82) is 0 Å². The standard InChI is InChI=1S/C15H17ClN2O/c16-14-5-3-12(4-6-14)15(19)7-1-2-13(15)10-18-9-8-17-11-18/h3-6,8-9,11,13,19H,1-2,7,10H2/t13-,15+/m0/s1. The van der Waals surface area contributed by atoms with Crippen LogP contribution in [0.5, 0.6) is 0 Å². The number of imidazole rings is 1. The van der Waals surface area contributed by atoms with Gasteiger partial charge in [0.15, 0.2) is 0 Å². The maximum Gasteiger partial charge on any atom is 0.0946 e. The van der Waals surface area contributed by atoms with Gasteiger partial charge in [-0.1, -0.05) is 23.7 Å². The van der Waals surface area contributed by atoms with Crippen LogP contribution in [0.25, 0.3) is 0 Å². The van der Waals surface area contributed by atoms with Crippen LogP contribution in [0.1, 0.15) is 24.8 Å². The van der Waals surface area contributed by atoms with Crippen molar-refractivity contribution in [2.45, 2.75) is 31.4 Å². The fourth-order valence-corrected chi connectivity index (χ4v) is 3.20. The highest BCUT2D eigenvalue weighted by molar-refractivity contribution is 6.30. The van der Waals surface area contributed by atoms with Gasteiger partial charge in [-0.3, -0.25) is 0 Å². The number of benzene rings is 1. The van der Waals surface area contributed by atoms with Gasteiger partial charge in [-0.15, -0.1) is 0 Å². The predicted molar refractivity (Wildman–Crippen MR) is 74.9 cm³/mol. The van der Waals surface area contributed by atoms with Crippen molar-refractivity contribution in [3.8, 4) is 0 Å². The summed E-state index contributed by atoms with van der Waals surface area (Å²) < 4.78 is 2.04. The third-order valence-electron chi connectivity index (χ3n) is 4.12. The Bertz CT molecular complexity index is 538. The molecule has 0 spiro atoms. The molecule has 3 nitrogen and oxygen atoms in total. The summed E-state index contributed by atoms with van der Waals surface area (Å²) in [6.45, 7) is 0.805. The summed E-state index contributed by atoms with van der Waals surface area (Å²) in [6, 6.07) is 7.58. The number of hydrogen-bond acceptors (Lipinski definition) is 2. The van der Waals surface area contributed by atoms with Gasteiger partial charge in [0.25, 0.3) is 0 Å². The Labute approximate surface area is 117 Å². The molecular weight excluding hydrogens is 260 g/mol. The summed E-state index contributed by atoms with van der Waals surface area (Å²) in [7, 11) is 0. The first-order valence-corrected chi connectivity index (χ1v) is 7.00. The number of nitrogens with zero attached hydrogens (tertiary/aromatic N) is 2. The minimum atomic E-state index is -0.741. The monoisotopic (exact) mass is 276 g/mol. The Morgan fingerprint density at radius 3 is 2.84 bits per heavy atom. The molecule has 1 saturated carbocycles. The van der Waals surface area contributed by atoms with Gasteiger partial charge in [-0.25, -0.2) is 4.98 Å². The predicted octanol–water partition coefficient (Wildman–Crippen LogP) is 3.22. The van der Waals surface area contributed by atoms with E-state index in [9.17, 15) is 5.11 Å². The summed E-state index contributed by atoms with van der Waals surface area (Å²) in [4.78, 5) is 4.06. The molecule has 0 bridgehead atoms. The van der Waals surface area contributed by atoms with Crippen molar-refractivity contribution in [1.82, 2.24) is 9.55 Å². The molecule has 1 N–H and O–H groups in total. The largest absolute Gasteiger partial charge is 0.385 e. The van der Waals surface area contributed by atoms with Crippen molar-refractivity contribution in [2.75, 3.05) is 0 Å². The second kappa shape index (κ2) is 4.99. The van der Waals surface area contributed by atoms with E-state index in [2.05, 4.69) is 4.98 Å². The Kier molecular flexibility index (Phi) is 3.33. The lowest BCUT2D eigenvalue weighted by Crippen LogP contribution is -2.32. The molecule has 1 aromatic heterocycles. The molecule has 3 rings (SSSR count). The first-order valence-electron chi connectivity index (χ1n) is 6.63. The Hall–Kier alpha value is -1.32. The number of aromatic nitrogens is 2. The molecule has 100 valence electrons. The molecule has 1 fully saturated rings. The van der Waals surface area contributed by atoms with E-state index < -0.39 is 5.60 Å². The molecule has 2 aromatic rings. The normalized spacial score (nSPS) is 26.7. The van der Waals surface area contributed by atoms with Gasteiger partial charge < -0.3 is 9.67 Å². The molecule has 19 heavy (non-hydrogen) atoms. The number of aliphatic hydroxyl groups is 1. The maximum atomic E-state index is 11.0. The lowest BCUT2D eigenvalue weighted by Gasteiger charge is -2.31. The minimum Gasteiger partial charge on any atom is -0.385 e. The van der Waals surface area contributed by atoms with E-state index in [0.29, 0.717) is 5.02 Å². The summed E-state index contributed by atoms with van der Waals surface area (Å²) in [5, 5.41) is 11.7. The van der Waals surface area contributed by atoms with Crippen LogP contribution in [0.3, 0.4) is 0 Å². The minimum absolute atomic E-state index is 0.225. The van der Waals surface area contributed by atoms with Gasteiger partial charge in [0.05, 0.1) is 11.9 Å². The van der Waals surface area contributed by atoms with Gasteiger partial charge in [-0.05, 0) is 37.0 Å².